The zero-order valence-corrected chi connectivity index (χ0v) is 11.2. The summed E-state index contributed by atoms with van der Waals surface area (Å²) in [5.41, 5.74) is 4.19. The Bertz CT molecular complexity index is 481. The molecule has 0 amide bonds. The van der Waals surface area contributed by atoms with Crippen molar-refractivity contribution in [1.82, 2.24) is 25.6 Å². The lowest BCUT2D eigenvalue weighted by atomic mass is 10.0. The van der Waals surface area contributed by atoms with E-state index in [-0.39, 0.29) is 6.04 Å². The van der Waals surface area contributed by atoms with Gasteiger partial charge in [-0.3, -0.25) is 11.3 Å². The van der Waals surface area contributed by atoms with Crippen LogP contribution in [0, 0.1) is 0 Å². The standard InChI is InChI=1S/C13H20N6/c1-19-17-13(16-18-19)10-12(15-14)9-5-8-11-6-3-2-4-7-11/h2-4,6-7,12,15H,5,8-10,14H2,1H3. The van der Waals surface area contributed by atoms with Gasteiger partial charge in [-0.1, -0.05) is 30.3 Å². The number of nitrogens with zero attached hydrogens (tertiary/aromatic N) is 4. The van der Waals surface area contributed by atoms with Crippen molar-refractivity contribution in [3.8, 4) is 0 Å². The third-order valence-corrected chi connectivity index (χ3v) is 3.08. The van der Waals surface area contributed by atoms with Gasteiger partial charge in [0.05, 0.1) is 7.05 Å². The Morgan fingerprint density at radius 1 is 1.32 bits per heavy atom. The minimum atomic E-state index is 0.188. The van der Waals surface area contributed by atoms with Crippen molar-refractivity contribution >= 4 is 0 Å². The van der Waals surface area contributed by atoms with Crippen LogP contribution in [-0.4, -0.2) is 26.2 Å². The number of aryl methyl sites for hydroxylation is 2. The van der Waals surface area contributed by atoms with E-state index in [1.165, 1.54) is 10.4 Å². The molecule has 6 nitrogen and oxygen atoms in total. The Hall–Kier alpha value is -1.79. The molecule has 0 aliphatic rings. The Balaban J connectivity index is 1.76. The summed E-state index contributed by atoms with van der Waals surface area (Å²) in [6.45, 7) is 0. The molecule has 1 aromatic carbocycles. The van der Waals surface area contributed by atoms with Crippen molar-refractivity contribution < 1.29 is 0 Å². The van der Waals surface area contributed by atoms with E-state index < -0.39 is 0 Å². The lowest BCUT2D eigenvalue weighted by molar-refractivity contribution is 0.467. The number of benzene rings is 1. The Kier molecular flexibility index (Phi) is 5.00. The van der Waals surface area contributed by atoms with Gasteiger partial charge in [0.25, 0.3) is 0 Å². The van der Waals surface area contributed by atoms with E-state index in [4.69, 9.17) is 5.84 Å². The van der Waals surface area contributed by atoms with Crippen molar-refractivity contribution in [2.75, 3.05) is 0 Å². The van der Waals surface area contributed by atoms with Crippen LogP contribution in [0.25, 0.3) is 0 Å². The van der Waals surface area contributed by atoms with Gasteiger partial charge in [0.1, 0.15) is 0 Å². The highest BCUT2D eigenvalue weighted by Gasteiger charge is 2.11. The maximum atomic E-state index is 5.57. The summed E-state index contributed by atoms with van der Waals surface area (Å²) in [5, 5.41) is 12.0. The largest absolute Gasteiger partial charge is 0.271 e. The average Bonchev–Trinajstić information content (AvgIpc) is 2.84. The molecule has 0 saturated heterocycles. The second-order valence-electron chi connectivity index (χ2n) is 4.64. The average molecular weight is 260 g/mol. The van der Waals surface area contributed by atoms with E-state index in [0.717, 1.165) is 25.1 Å². The number of nitrogens with two attached hydrogens (primary N) is 1. The van der Waals surface area contributed by atoms with Gasteiger partial charge in [0, 0.05) is 12.5 Å². The van der Waals surface area contributed by atoms with Gasteiger partial charge in [-0.05, 0) is 30.0 Å². The van der Waals surface area contributed by atoms with Crippen LogP contribution >= 0.6 is 0 Å². The van der Waals surface area contributed by atoms with Crippen LogP contribution in [0.2, 0.25) is 0 Å². The molecule has 0 aliphatic heterocycles. The molecule has 19 heavy (non-hydrogen) atoms. The van der Waals surface area contributed by atoms with E-state index in [2.05, 4.69) is 45.1 Å². The molecule has 102 valence electrons. The molecule has 3 N–H and O–H groups in total. The normalized spacial score (nSPS) is 12.5. The summed E-state index contributed by atoms with van der Waals surface area (Å²) in [7, 11) is 1.76. The summed E-state index contributed by atoms with van der Waals surface area (Å²) in [6.07, 6.45) is 3.84. The van der Waals surface area contributed by atoms with Crippen molar-refractivity contribution in [1.29, 1.82) is 0 Å². The molecule has 0 bridgehead atoms. The van der Waals surface area contributed by atoms with E-state index in [0.29, 0.717) is 6.42 Å². The number of rotatable bonds is 7. The van der Waals surface area contributed by atoms with Crippen molar-refractivity contribution in [3.63, 3.8) is 0 Å². The Morgan fingerprint density at radius 3 is 2.74 bits per heavy atom. The predicted octanol–water partition coefficient (Wildman–Crippen LogP) is 0.607. The van der Waals surface area contributed by atoms with Crippen LogP contribution in [0.15, 0.2) is 30.3 Å². The number of hydrazine groups is 1. The van der Waals surface area contributed by atoms with E-state index in [1.54, 1.807) is 7.05 Å². The first kappa shape index (κ1) is 13.6. The van der Waals surface area contributed by atoms with Gasteiger partial charge >= 0.3 is 0 Å². The lowest BCUT2D eigenvalue weighted by Crippen LogP contribution is -2.37. The molecule has 6 heteroatoms. The quantitative estimate of drug-likeness (QED) is 0.563. The van der Waals surface area contributed by atoms with E-state index in [1.807, 2.05) is 6.07 Å². The second kappa shape index (κ2) is 6.96. The fourth-order valence-electron chi connectivity index (χ4n) is 2.07. The molecule has 0 aliphatic carbocycles. The smallest absolute Gasteiger partial charge is 0.176 e. The minimum Gasteiger partial charge on any atom is -0.271 e. The topological polar surface area (TPSA) is 81.7 Å². The molecule has 1 heterocycles. The highest BCUT2D eigenvalue weighted by Crippen LogP contribution is 2.08. The zero-order chi connectivity index (χ0) is 13.5. The Labute approximate surface area is 113 Å². The molecule has 0 spiro atoms. The van der Waals surface area contributed by atoms with Gasteiger partial charge in [0.2, 0.25) is 0 Å². The predicted molar refractivity (Wildman–Crippen MR) is 73.0 cm³/mol. The fourth-order valence-corrected chi connectivity index (χ4v) is 2.07. The number of tetrazole rings is 1. The highest BCUT2D eigenvalue weighted by molar-refractivity contribution is 5.14. The molecular weight excluding hydrogens is 240 g/mol. The van der Waals surface area contributed by atoms with Crippen LogP contribution in [0.3, 0.4) is 0 Å². The minimum absolute atomic E-state index is 0.188. The van der Waals surface area contributed by atoms with Gasteiger partial charge in [0.15, 0.2) is 5.82 Å². The van der Waals surface area contributed by atoms with Crippen LogP contribution in [-0.2, 0) is 19.9 Å². The van der Waals surface area contributed by atoms with E-state index >= 15 is 0 Å². The zero-order valence-electron chi connectivity index (χ0n) is 11.2. The van der Waals surface area contributed by atoms with Crippen molar-refractivity contribution in [3.05, 3.63) is 41.7 Å². The van der Waals surface area contributed by atoms with Gasteiger partial charge < -0.3 is 0 Å². The van der Waals surface area contributed by atoms with Crippen LogP contribution in [0.1, 0.15) is 24.2 Å². The third kappa shape index (κ3) is 4.42. The highest BCUT2D eigenvalue weighted by atomic mass is 15.6. The monoisotopic (exact) mass is 260 g/mol. The molecule has 1 atom stereocenters. The fraction of sp³-hybridized carbons (Fsp3) is 0.462. The summed E-state index contributed by atoms with van der Waals surface area (Å²) in [6, 6.07) is 10.7. The van der Waals surface area contributed by atoms with Crippen molar-refractivity contribution in [2.45, 2.75) is 31.7 Å². The summed E-state index contributed by atoms with van der Waals surface area (Å²) >= 11 is 0. The van der Waals surface area contributed by atoms with Crippen LogP contribution in [0.5, 0.6) is 0 Å². The molecule has 1 aromatic heterocycles. The van der Waals surface area contributed by atoms with Crippen molar-refractivity contribution in [2.24, 2.45) is 12.9 Å². The summed E-state index contributed by atoms with van der Waals surface area (Å²) in [4.78, 5) is 1.47. The second-order valence-corrected chi connectivity index (χ2v) is 4.64. The maximum Gasteiger partial charge on any atom is 0.176 e. The number of nitrogens with one attached hydrogen (secondary N) is 1. The number of hydrogen-bond acceptors (Lipinski definition) is 5. The first-order valence-electron chi connectivity index (χ1n) is 6.51. The first-order chi connectivity index (χ1) is 9.28. The Morgan fingerprint density at radius 2 is 2.11 bits per heavy atom. The van der Waals surface area contributed by atoms with Crippen LogP contribution < -0.4 is 11.3 Å². The number of aromatic nitrogens is 4. The van der Waals surface area contributed by atoms with E-state index in [9.17, 15) is 0 Å². The SMILES string of the molecule is Cn1nnc(CC(CCCc2ccccc2)NN)n1. The molecule has 0 saturated carbocycles. The molecule has 0 radical (unpaired) electrons. The molecule has 2 aromatic rings. The lowest BCUT2D eigenvalue weighted by Gasteiger charge is -2.13. The molecule has 2 rings (SSSR count). The molecular formula is C13H20N6. The van der Waals surface area contributed by atoms with Crippen LogP contribution in [0.4, 0.5) is 0 Å². The van der Waals surface area contributed by atoms with Gasteiger partial charge in [-0.2, -0.15) is 4.80 Å². The first-order valence-corrected chi connectivity index (χ1v) is 6.51. The number of hydrogen-bond donors (Lipinski definition) is 2. The molecule has 0 fully saturated rings. The summed E-state index contributed by atoms with van der Waals surface area (Å²) < 4.78 is 0. The molecule has 1 unspecified atom stereocenters. The van der Waals surface area contributed by atoms with Gasteiger partial charge in [-0.25, -0.2) is 0 Å². The maximum absolute atomic E-state index is 5.57. The summed E-state index contributed by atoms with van der Waals surface area (Å²) in [5.74, 6) is 6.30. The van der Waals surface area contributed by atoms with Gasteiger partial charge in [-0.15, -0.1) is 10.2 Å². The third-order valence-electron chi connectivity index (χ3n) is 3.08.